The van der Waals surface area contributed by atoms with E-state index in [1.807, 2.05) is 0 Å². The number of nitrogens with one attached hydrogen (secondary N) is 2. The molecule has 1 aliphatic heterocycles. The highest BCUT2D eigenvalue weighted by molar-refractivity contribution is 5.07. The van der Waals surface area contributed by atoms with Gasteiger partial charge in [0.05, 0.1) is 5.54 Å². The third-order valence-electron chi connectivity index (χ3n) is 3.09. The minimum atomic E-state index is -0.410. The Kier molecular flexibility index (Phi) is 2.47. The fourth-order valence-corrected chi connectivity index (χ4v) is 2.12. The van der Waals surface area contributed by atoms with Crippen molar-refractivity contribution in [3.05, 3.63) is 5.82 Å². The van der Waals surface area contributed by atoms with Crippen molar-refractivity contribution in [2.24, 2.45) is 11.7 Å². The maximum absolute atomic E-state index is 6.35. The summed E-state index contributed by atoms with van der Waals surface area (Å²) in [7, 11) is 0. The van der Waals surface area contributed by atoms with Gasteiger partial charge >= 0.3 is 0 Å². The van der Waals surface area contributed by atoms with Gasteiger partial charge < -0.3 is 11.1 Å². The molecule has 14 heavy (non-hydrogen) atoms. The summed E-state index contributed by atoms with van der Waals surface area (Å²) in [5, 5.41) is 17.4. The number of rotatable bonds is 2. The van der Waals surface area contributed by atoms with Crippen LogP contribution in [0.4, 0.5) is 0 Å². The van der Waals surface area contributed by atoms with Crippen molar-refractivity contribution < 1.29 is 0 Å². The van der Waals surface area contributed by atoms with Crippen LogP contribution in [0, 0.1) is 5.92 Å². The van der Waals surface area contributed by atoms with E-state index in [2.05, 4.69) is 32.9 Å². The van der Waals surface area contributed by atoms with E-state index < -0.39 is 5.54 Å². The molecule has 6 nitrogen and oxygen atoms in total. The molecule has 78 valence electrons. The average Bonchev–Trinajstić information content (AvgIpc) is 2.72. The van der Waals surface area contributed by atoms with Crippen LogP contribution in [0.2, 0.25) is 0 Å². The van der Waals surface area contributed by atoms with Crippen LogP contribution in [0.15, 0.2) is 0 Å². The van der Waals surface area contributed by atoms with Crippen molar-refractivity contribution in [3.8, 4) is 0 Å². The highest BCUT2D eigenvalue weighted by atomic mass is 15.5. The van der Waals surface area contributed by atoms with Crippen molar-refractivity contribution in [1.29, 1.82) is 0 Å². The molecular weight excluding hydrogens is 180 g/mol. The second-order valence-corrected chi connectivity index (χ2v) is 3.84. The lowest BCUT2D eigenvalue weighted by Gasteiger charge is -2.38. The van der Waals surface area contributed by atoms with Gasteiger partial charge in [0.15, 0.2) is 5.82 Å². The molecule has 0 aliphatic carbocycles. The number of piperidine rings is 1. The smallest absolute Gasteiger partial charge is 0.194 e. The molecular formula is C8H16N6. The summed E-state index contributed by atoms with van der Waals surface area (Å²) in [6.45, 7) is 3.99. The molecule has 4 N–H and O–H groups in total. The minimum Gasteiger partial charge on any atom is -0.318 e. The van der Waals surface area contributed by atoms with Gasteiger partial charge in [0.1, 0.15) is 0 Å². The zero-order chi connectivity index (χ0) is 10.0. The van der Waals surface area contributed by atoms with Gasteiger partial charge in [-0.15, -0.1) is 10.2 Å². The average molecular weight is 196 g/mol. The van der Waals surface area contributed by atoms with Gasteiger partial charge in [-0.25, -0.2) is 0 Å². The number of aromatic amines is 1. The Hall–Kier alpha value is -1.01. The number of aromatic nitrogens is 4. The molecule has 0 bridgehead atoms. The Bertz CT molecular complexity index is 284. The molecule has 1 aromatic rings. The van der Waals surface area contributed by atoms with Crippen LogP contribution in [-0.4, -0.2) is 33.7 Å². The number of nitrogens with zero attached hydrogens (tertiary/aromatic N) is 3. The van der Waals surface area contributed by atoms with Crippen molar-refractivity contribution in [2.45, 2.75) is 25.3 Å². The zero-order valence-electron chi connectivity index (χ0n) is 8.32. The molecule has 0 radical (unpaired) electrons. The molecule has 6 heteroatoms. The standard InChI is InChI=1S/C8H16N6/c1-2-6-5-10-4-3-8(6,9)7-11-13-14-12-7/h6,10H,2-5,9H2,1H3,(H,11,12,13,14). The van der Waals surface area contributed by atoms with Crippen molar-refractivity contribution >= 4 is 0 Å². The van der Waals surface area contributed by atoms with Crippen LogP contribution < -0.4 is 11.1 Å². The first-order valence-electron chi connectivity index (χ1n) is 5.01. The van der Waals surface area contributed by atoms with Gasteiger partial charge in [0.2, 0.25) is 0 Å². The summed E-state index contributed by atoms with van der Waals surface area (Å²) in [4.78, 5) is 0. The second-order valence-electron chi connectivity index (χ2n) is 3.84. The molecule has 2 heterocycles. The lowest BCUT2D eigenvalue weighted by atomic mass is 9.77. The summed E-state index contributed by atoms with van der Waals surface area (Å²) in [5.74, 6) is 1.03. The Labute approximate surface area is 82.6 Å². The Balaban J connectivity index is 2.27. The Morgan fingerprint density at radius 1 is 1.64 bits per heavy atom. The first-order chi connectivity index (χ1) is 6.77. The molecule has 0 aromatic carbocycles. The Morgan fingerprint density at radius 2 is 2.50 bits per heavy atom. The topological polar surface area (TPSA) is 92.5 Å². The number of tetrazole rings is 1. The quantitative estimate of drug-likeness (QED) is 0.586. The molecule has 1 aromatic heterocycles. The van der Waals surface area contributed by atoms with Gasteiger partial charge in [-0.3, -0.25) is 0 Å². The maximum atomic E-state index is 6.35. The number of H-pyrrole nitrogens is 1. The van der Waals surface area contributed by atoms with E-state index in [0.717, 1.165) is 25.9 Å². The van der Waals surface area contributed by atoms with Crippen LogP contribution in [0.25, 0.3) is 0 Å². The van der Waals surface area contributed by atoms with E-state index in [9.17, 15) is 0 Å². The summed E-state index contributed by atoms with van der Waals surface area (Å²) < 4.78 is 0. The first-order valence-corrected chi connectivity index (χ1v) is 5.01. The van der Waals surface area contributed by atoms with Crippen LogP contribution in [0.3, 0.4) is 0 Å². The lowest BCUT2D eigenvalue weighted by molar-refractivity contribution is 0.189. The predicted molar refractivity (Wildman–Crippen MR) is 51.3 cm³/mol. The number of nitrogens with two attached hydrogens (primary N) is 1. The van der Waals surface area contributed by atoms with Crippen LogP contribution in [0.1, 0.15) is 25.6 Å². The Morgan fingerprint density at radius 3 is 3.14 bits per heavy atom. The summed E-state index contributed by atoms with van der Waals surface area (Å²) in [6, 6.07) is 0. The third-order valence-corrected chi connectivity index (χ3v) is 3.09. The molecule has 1 saturated heterocycles. The SMILES string of the molecule is CCC1CNCCC1(N)c1nn[nH]n1. The van der Waals surface area contributed by atoms with Crippen molar-refractivity contribution in [1.82, 2.24) is 25.9 Å². The third kappa shape index (κ3) is 1.40. The molecule has 2 rings (SSSR count). The van der Waals surface area contributed by atoms with Crippen molar-refractivity contribution in [3.63, 3.8) is 0 Å². The van der Waals surface area contributed by atoms with Crippen LogP contribution >= 0.6 is 0 Å². The monoisotopic (exact) mass is 196 g/mol. The van der Waals surface area contributed by atoms with Crippen molar-refractivity contribution in [2.75, 3.05) is 13.1 Å². The molecule has 0 amide bonds. The summed E-state index contributed by atoms with van der Waals surface area (Å²) >= 11 is 0. The van der Waals surface area contributed by atoms with Gasteiger partial charge in [0.25, 0.3) is 0 Å². The van der Waals surface area contributed by atoms with Gasteiger partial charge in [-0.1, -0.05) is 12.1 Å². The molecule has 2 atom stereocenters. The van der Waals surface area contributed by atoms with Crippen LogP contribution in [0.5, 0.6) is 0 Å². The normalized spacial score (nSPS) is 33.1. The molecule has 0 spiro atoms. The van der Waals surface area contributed by atoms with E-state index in [1.54, 1.807) is 0 Å². The van der Waals surface area contributed by atoms with E-state index in [4.69, 9.17) is 5.73 Å². The first kappa shape index (κ1) is 9.54. The highest BCUT2D eigenvalue weighted by Gasteiger charge is 2.41. The van der Waals surface area contributed by atoms with E-state index in [1.165, 1.54) is 0 Å². The van der Waals surface area contributed by atoms with E-state index >= 15 is 0 Å². The lowest BCUT2D eigenvalue weighted by Crippen LogP contribution is -2.54. The number of hydrogen-bond acceptors (Lipinski definition) is 5. The largest absolute Gasteiger partial charge is 0.318 e. The molecule has 0 saturated carbocycles. The molecule has 1 aliphatic rings. The van der Waals surface area contributed by atoms with Gasteiger partial charge in [-0.2, -0.15) is 5.21 Å². The number of hydrogen-bond donors (Lipinski definition) is 3. The van der Waals surface area contributed by atoms with Crippen LogP contribution in [-0.2, 0) is 5.54 Å². The summed E-state index contributed by atoms with van der Waals surface area (Å²) in [5.41, 5.74) is 5.94. The fourth-order valence-electron chi connectivity index (χ4n) is 2.12. The summed E-state index contributed by atoms with van der Waals surface area (Å²) in [6.07, 6.45) is 1.89. The highest BCUT2D eigenvalue weighted by Crippen LogP contribution is 2.31. The van der Waals surface area contributed by atoms with Gasteiger partial charge in [0, 0.05) is 6.54 Å². The minimum absolute atomic E-state index is 0.383. The van der Waals surface area contributed by atoms with Gasteiger partial charge in [-0.05, 0) is 25.3 Å². The second kappa shape index (κ2) is 3.62. The van der Waals surface area contributed by atoms with E-state index in [-0.39, 0.29) is 0 Å². The molecule has 1 fully saturated rings. The van der Waals surface area contributed by atoms with E-state index in [0.29, 0.717) is 11.7 Å². The maximum Gasteiger partial charge on any atom is 0.194 e. The molecule has 2 unspecified atom stereocenters. The fraction of sp³-hybridized carbons (Fsp3) is 0.875. The predicted octanol–water partition coefficient (Wildman–Crippen LogP) is -0.627. The zero-order valence-corrected chi connectivity index (χ0v) is 8.32.